The largest absolute Gasteiger partial charge is 0.493 e. The number of rotatable bonds is 1. The van der Waals surface area contributed by atoms with Gasteiger partial charge in [0.1, 0.15) is 11.4 Å². The average Bonchev–Trinajstić information content (AvgIpc) is 3.76. The fourth-order valence-electron chi connectivity index (χ4n) is 6.13. The van der Waals surface area contributed by atoms with E-state index in [1.807, 2.05) is 55.3 Å². The van der Waals surface area contributed by atoms with Crippen molar-refractivity contribution in [3.05, 3.63) is 105 Å². The molecule has 0 saturated carbocycles. The number of hydrogen-bond acceptors (Lipinski definition) is 7. The van der Waals surface area contributed by atoms with E-state index in [0.717, 1.165) is 91.8 Å². The second-order valence-electron chi connectivity index (χ2n) is 12.0. The summed E-state index contributed by atoms with van der Waals surface area (Å²) >= 11 is 10.3. The lowest BCUT2D eigenvalue weighted by molar-refractivity contribution is 0.0685. The summed E-state index contributed by atoms with van der Waals surface area (Å²) in [7, 11) is 3.77. The predicted molar refractivity (Wildman–Crippen MR) is 199 cm³/mol. The first-order valence-corrected chi connectivity index (χ1v) is 18.6. The Morgan fingerprint density at radius 3 is 2.77 bits per heavy atom. The van der Waals surface area contributed by atoms with Gasteiger partial charge in [0.15, 0.2) is 0 Å². The van der Waals surface area contributed by atoms with Crippen LogP contribution in [0.1, 0.15) is 59.2 Å². The summed E-state index contributed by atoms with van der Waals surface area (Å²) in [5.41, 5.74) is 6.18. The van der Waals surface area contributed by atoms with E-state index < -0.39 is 5.97 Å². The van der Waals surface area contributed by atoms with Gasteiger partial charge in [-0.2, -0.15) is 10.2 Å². The van der Waals surface area contributed by atoms with Crippen molar-refractivity contribution in [2.45, 2.75) is 49.0 Å². The number of fused-ring (bicyclic) bond motifs is 8. The maximum atomic E-state index is 12.3. The van der Waals surface area contributed by atoms with E-state index in [1.165, 1.54) is 0 Å². The number of benzene rings is 2. The summed E-state index contributed by atoms with van der Waals surface area (Å²) in [6.45, 7) is 3.32. The molecule has 0 atom stereocenters. The van der Waals surface area contributed by atoms with E-state index >= 15 is 0 Å². The number of aromatic carboxylic acids is 1. The van der Waals surface area contributed by atoms with Crippen molar-refractivity contribution < 1.29 is 14.6 Å². The van der Waals surface area contributed by atoms with Gasteiger partial charge >= 0.3 is 5.97 Å². The van der Waals surface area contributed by atoms with Gasteiger partial charge in [0.05, 0.1) is 12.3 Å². The molecule has 250 valence electrons. The molecule has 2 aliphatic rings. The van der Waals surface area contributed by atoms with Crippen LogP contribution in [0, 0.1) is 0 Å². The summed E-state index contributed by atoms with van der Waals surface area (Å²) in [5, 5.41) is 24.4. The minimum absolute atomic E-state index is 0.279. The predicted octanol–water partition coefficient (Wildman–Crippen LogP) is 8.65. The van der Waals surface area contributed by atoms with Crippen molar-refractivity contribution >= 4 is 64.2 Å². The first kappa shape index (κ1) is 34.0. The highest BCUT2D eigenvalue weighted by molar-refractivity contribution is 7.99. The first-order valence-electron chi connectivity index (χ1n) is 16.1. The Kier molecular flexibility index (Phi) is 11.0. The maximum absolute atomic E-state index is 12.3. The van der Waals surface area contributed by atoms with E-state index in [0.29, 0.717) is 24.5 Å². The van der Waals surface area contributed by atoms with Crippen LogP contribution >= 0.6 is 35.1 Å². The van der Waals surface area contributed by atoms with Crippen molar-refractivity contribution in [3.63, 3.8) is 0 Å². The van der Waals surface area contributed by atoms with Crippen LogP contribution in [0.3, 0.4) is 0 Å². The van der Waals surface area contributed by atoms with Gasteiger partial charge in [-0.15, -0.1) is 23.5 Å². The van der Waals surface area contributed by atoms with E-state index in [4.69, 9.17) is 26.5 Å². The number of carboxylic acids is 1. The van der Waals surface area contributed by atoms with Crippen molar-refractivity contribution in [1.29, 1.82) is 0 Å². The van der Waals surface area contributed by atoms with Gasteiger partial charge in [0.25, 0.3) is 0 Å². The molecule has 2 aromatic carbocycles. The van der Waals surface area contributed by atoms with Crippen molar-refractivity contribution in [1.82, 2.24) is 19.4 Å². The van der Waals surface area contributed by atoms with Gasteiger partial charge in [-0.1, -0.05) is 41.9 Å². The van der Waals surface area contributed by atoms with Gasteiger partial charge in [-0.3, -0.25) is 9.69 Å². The lowest BCUT2D eigenvalue weighted by atomic mass is 10.0. The molecule has 11 heteroatoms. The summed E-state index contributed by atoms with van der Waals surface area (Å²) < 4.78 is 10.1. The monoisotopic (exact) mass is 701 g/mol. The van der Waals surface area contributed by atoms with Crippen LogP contribution in [0.15, 0.2) is 87.1 Å². The molecule has 4 bridgehead atoms. The Balaban J connectivity index is 1.31. The van der Waals surface area contributed by atoms with Crippen molar-refractivity contribution in [2.24, 2.45) is 19.2 Å². The van der Waals surface area contributed by atoms with Crippen LogP contribution in [0.25, 0.3) is 16.8 Å². The highest BCUT2D eigenvalue weighted by Crippen LogP contribution is 2.34. The number of aromatic nitrogens is 3. The average molecular weight is 702 g/mol. The van der Waals surface area contributed by atoms with Crippen molar-refractivity contribution in [2.75, 3.05) is 18.9 Å². The fraction of sp³-hybridized carbons (Fsp3) is 0.324. The lowest BCUT2D eigenvalue weighted by Crippen LogP contribution is -2.10. The van der Waals surface area contributed by atoms with Gasteiger partial charge < -0.3 is 14.4 Å². The van der Waals surface area contributed by atoms with Gasteiger partial charge in [-0.05, 0) is 85.0 Å². The van der Waals surface area contributed by atoms with E-state index in [9.17, 15) is 9.90 Å². The third-order valence-electron chi connectivity index (χ3n) is 8.53. The fourth-order valence-corrected chi connectivity index (χ4v) is 7.87. The molecule has 2 aliphatic heterocycles. The van der Waals surface area contributed by atoms with E-state index in [-0.39, 0.29) is 5.69 Å². The topological polar surface area (TPSA) is 84.9 Å². The maximum Gasteiger partial charge on any atom is 0.352 e. The molecule has 0 spiro atoms. The SMILES string of the molecule is CC1=C(Cl)\C=C/c2cn(C)c(C(=O)O)c2CCCOc2cc(cc3ccccc23)SCc2cc(nn2C)CSC/C=N/N2CCC/C2=C\1. The van der Waals surface area contributed by atoms with Gasteiger partial charge in [0.2, 0.25) is 0 Å². The molecular weight excluding hydrogens is 662 g/mol. The van der Waals surface area contributed by atoms with Crippen molar-refractivity contribution in [3.8, 4) is 5.75 Å². The number of hydrazone groups is 1. The molecule has 8 nitrogen and oxygen atoms in total. The molecule has 1 saturated heterocycles. The van der Waals surface area contributed by atoms with Crippen LogP contribution in [0.5, 0.6) is 5.75 Å². The number of allylic oxidation sites excluding steroid dienone is 5. The molecular formula is C37H40ClN5O3S2. The van der Waals surface area contributed by atoms with E-state index in [2.05, 4.69) is 41.4 Å². The summed E-state index contributed by atoms with van der Waals surface area (Å²) in [6, 6.07) is 14.8. The summed E-state index contributed by atoms with van der Waals surface area (Å²) in [4.78, 5) is 13.4. The Morgan fingerprint density at radius 1 is 1.06 bits per heavy atom. The quantitative estimate of drug-likeness (QED) is 0.213. The molecule has 2 aromatic heterocycles. The lowest BCUT2D eigenvalue weighted by Gasteiger charge is -2.13. The minimum Gasteiger partial charge on any atom is -0.493 e. The molecule has 1 fully saturated rings. The first-order chi connectivity index (χ1) is 23.3. The van der Waals surface area contributed by atoms with Crippen LogP contribution in [0.2, 0.25) is 0 Å². The number of halogens is 1. The normalized spacial score (nSPS) is 20.8. The number of thioether (sulfide) groups is 2. The van der Waals surface area contributed by atoms with Crippen LogP contribution in [0.4, 0.5) is 0 Å². The standard InChI is InChI=1S/C37H40ClN5O3S2/c1-25-18-29-9-6-15-43(29)39-14-17-47-23-28-20-30(42(3)40-28)24-48-31-19-26-8-4-5-10-32(26)35(21-31)46-16-7-11-33-27(12-13-34(25)38)22-41(2)36(33)37(44)45/h4-5,8,10,12-14,18-22H,6-7,9,11,15-17,23-24H2,1-3H3,(H,44,45)/b13-12-,29-18+,34-25-,39-14+. The third-order valence-corrected chi connectivity index (χ3v) is 10.8. The number of carbonyl (C=O) groups is 1. The Labute approximate surface area is 295 Å². The third kappa shape index (κ3) is 8.05. The molecule has 0 unspecified atom stereocenters. The van der Waals surface area contributed by atoms with Crippen LogP contribution < -0.4 is 4.74 Å². The zero-order valence-electron chi connectivity index (χ0n) is 27.5. The van der Waals surface area contributed by atoms with E-state index in [1.54, 1.807) is 35.1 Å². The highest BCUT2D eigenvalue weighted by Gasteiger charge is 2.19. The molecule has 48 heavy (non-hydrogen) atoms. The molecule has 1 N–H and O–H groups in total. The second kappa shape index (κ2) is 15.6. The summed E-state index contributed by atoms with van der Waals surface area (Å²) in [5.74, 6) is 2.28. The molecule has 4 heterocycles. The zero-order valence-corrected chi connectivity index (χ0v) is 29.9. The van der Waals surface area contributed by atoms with Crippen LogP contribution in [-0.2, 0) is 32.0 Å². The number of ether oxygens (including phenoxy) is 1. The Morgan fingerprint density at radius 2 is 1.92 bits per heavy atom. The highest BCUT2D eigenvalue weighted by atomic mass is 35.5. The van der Waals surface area contributed by atoms with Gasteiger partial charge in [0, 0.05) is 77.0 Å². The smallest absolute Gasteiger partial charge is 0.352 e. The molecule has 0 amide bonds. The summed E-state index contributed by atoms with van der Waals surface area (Å²) in [6.07, 6.45) is 12.9. The molecule has 6 rings (SSSR count). The minimum atomic E-state index is -0.952. The number of aryl methyl sites for hydroxylation is 2. The number of carboxylic acid groups (broad SMARTS) is 1. The Bertz CT molecular complexity index is 1940. The Hall–Kier alpha value is -3.86. The number of nitrogens with zero attached hydrogens (tertiary/aromatic N) is 5. The molecule has 0 radical (unpaired) electrons. The van der Waals surface area contributed by atoms with Crippen LogP contribution in [-0.4, -0.2) is 55.6 Å². The molecule has 0 aliphatic carbocycles. The second-order valence-corrected chi connectivity index (χ2v) is 14.5. The molecule has 4 aromatic rings. The zero-order chi connectivity index (χ0) is 33.6. The number of hydrogen-bond donors (Lipinski definition) is 1. The van der Waals surface area contributed by atoms with Gasteiger partial charge in [-0.25, -0.2) is 4.79 Å².